The van der Waals surface area contributed by atoms with Crippen molar-refractivity contribution in [2.75, 3.05) is 39.5 Å². The number of fused-ring (bicyclic) bond motifs is 1. The maximum Gasteiger partial charge on any atom is 0.191 e. The predicted octanol–water partition coefficient (Wildman–Crippen LogP) is 1.92. The minimum Gasteiger partial charge on any atom is -0.373 e. The molecule has 2 saturated heterocycles. The van der Waals surface area contributed by atoms with Crippen molar-refractivity contribution in [3.05, 3.63) is 0 Å². The van der Waals surface area contributed by atoms with E-state index in [1.165, 1.54) is 38.6 Å². The van der Waals surface area contributed by atoms with Gasteiger partial charge in [0.1, 0.15) is 0 Å². The number of rotatable bonds is 4. The number of guanidine groups is 1. The molecule has 0 amide bonds. The van der Waals surface area contributed by atoms with Gasteiger partial charge >= 0.3 is 0 Å². The van der Waals surface area contributed by atoms with Crippen molar-refractivity contribution in [3.8, 4) is 0 Å². The minimum atomic E-state index is 0. The van der Waals surface area contributed by atoms with E-state index in [1.807, 2.05) is 18.8 Å². The molecule has 2 heterocycles. The van der Waals surface area contributed by atoms with Crippen molar-refractivity contribution in [1.82, 2.24) is 15.5 Å². The molecule has 3 aliphatic rings. The van der Waals surface area contributed by atoms with Gasteiger partial charge in [0.15, 0.2) is 5.96 Å². The van der Waals surface area contributed by atoms with Crippen LogP contribution >= 0.6 is 35.7 Å². The molecule has 0 radical (unpaired) electrons. The van der Waals surface area contributed by atoms with Gasteiger partial charge in [-0.2, -0.15) is 11.8 Å². The molecule has 0 aromatic rings. The van der Waals surface area contributed by atoms with Crippen molar-refractivity contribution >= 4 is 41.7 Å². The highest BCUT2D eigenvalue weighted by atomic mass is 127. The number of halogens is 1. The number of hydrogen-bond donors (Lipinski definition) is 2. The lowest BCUT2D eigenvalue weighted by Gasteiger charge is -2.35. The van der Waals surface area contributed by atoms with Crippen molar-refractivity contribution in [1.29, 1.82) is 0 Å². The van der Waals surface area contributed by atoms with Crippen molar-refractivity contribution in [3.63, 3.8) is 0 Å². The SMILES string of the molecule is CN=C(NCC1CN2CCCC2CO1)NC1CCC(SC)C1.I. The molecule has 5 nitrogen and oxygen atoms in total. The smallest absolute Gasteiger partial charge is 0.191 e. The topological polar surface area (TPSA) is 48.9 Å². The van der Waals surface area contributed by atoms with Gasteiger partial charge in [0.05, 0.1) is 12.7 Å². The van der Waals surface area contributed by atoms with E-state index >= 15 is 0 Å². The summed E-state index contributed by atoms with van der Waals surface area (Å²) in [6, 6.07) is 1.24. The number of nitrogens with one attached hydrogen (secondary N) is 2. The Kier molecular flexibility index (Phi) is 8.24. The lowest BCUT2D eigenvalue weighted by Crippen LogP contribution is -2.52. The molecule has 134 valence electrons. The van der Waals surface area contributed by atoms with Crippen LogP contribution in [0.1, 0.15) is 32.1 Å². The van der Waals surface area contributed by atoms with Gasteiger partial charge in [-0.3, -0.25) is 9.89 Å². The molecular weight excluding hydrogens is 423 g/mol. The zero-order chi connectivity index (χ0) is 15.4. The summed E-state index contributed by atoms with van der Waals surface area (Å²) in [7, 11) is 1.86. The lowest BCUT2D eigenvalue weighted by atomic mass is 10.2. The van der Waals surface area contributed by atoms with Crippen LogP contribution in [0.3, 0.4) is 0 Å². The molecule has 0 spiro atoms. The maximum atomic E-state index is 6.00. The van der Waals surface area contributed by atoms with Gasteiger partial charge in [-0.1, -0.05) is 0 Å². The Bertz CT molecular complexity index is 398. The van der Waals surface area contributed by atoms with E-state index in [2.05, 4.69) is 26.8 Å². The fraction of sp³-hybridized carbons (Fsp3) is 0.938. The van der Waals surface area contributed by atoms with Crippen LogP contribution in [0.25, 0.3) is 0 Å². The highest BCUT2D eigenvalue weighted by molar-refractivity contribution is 14.0. The van der Waals surface area contributed by atoms with Gasteiger partial charge in [0, 0.05) is 37.5 Å². The molecule has 0 aromatic carbocycles. The molecule has 2 N–H and O–H groups in total. The fourth-order valence-corrected chi connectivity index (χ4v) is 4.69. The average molecular weight is 454 g/mol. The van der Waals surface area contributed by atoms with Crippen LogP contribution in [0, 0.1) is 0 Å². The van der Waals surface area contributed by atoms with Crippen molar-refractivity contribution in [2.45, 2.75) is 55.5 Å². The Labute approximate surface area is 161 Å². The van der Waals surface area contributed by atoms with E-state index in [0.717, 1.165) is 30.9 Å². The summed E-state index contributed by atoms with van der Waals surface area (Å²) < 4.78 is 6.00. The Balaban J connectivity index is 0.00000192. The maximum absolute atomic E-state index is 6.00. The van der Waals surface area contributed by atoms with Gasteiger partial charge in [-0.15, -0.1) is 24.0 Å². The highest BCUT2D eigenvalue weighted by Gasteiger charge is 2.32. The largest absolute Gasteiger partial charge is 0.373 e. The summed E-state index contributed by atoms with van der Waals surface area (Å²) in [6.45, 7) is 4.06. The second-order valence-electron chi connectivity index (χ2n) is 6.71. The lowest BCUT2D eigenvalue weighted by molar-refractivity contribution is -0.0453. The Morgan fingerprint density at radius 1 is 1.35 bits per heavy atom. The molecule has 23 heavy (non-hydrogen) atoms. The Morgan fingerprint density at radius 3 is 2.96 bits per heavy atom. The summed E-state index contributed by atoms with van der Waals surface area (Å²) >= 11 is 1.99. The number of thioether (sulfide) groups is 1. The van der Waals surface area contributed by atoms with Crippen molar-refractivity contribution < 1.29 is 4.74 Å². The normalized spacial score (nSPS) is 34.8. The van der Waals surface area contributed by atoms with Gasteiger partial charge < -0.3 is 15.4 Å². The van der Waals surface area contributed by atoms with E-state index in [0.29, 0.717) is 12.1 Å². The Hall–Kier alpha value is 0.270. The molecule has 4 atom stereocenters. The van der Waals surface area contributed by atoms with Crippen LogP contribution in [-0.4, -0.2) is 73.8 Å². The number of aliphatic imine (C=N–C) groups is 1. The second-order valence-corrected chi connectivity index (χ2v) is 7.85. The highest BCUT2D eigenvalue weighted by Crippen LogP contribution is 2.28. The van der Waals surface area contributed by atoms with Crippen LogP contribution < -0.4 is 10.6 Å². The molecule has 0 bridgehead atoms. The average Bonchev–Trinajstić information content (AvgIpc) is 3.19. The monoisotopic (exact) mass is 454 g/mol. The van der Waals surface area contributed by atoms with Gasteiger partial charge in [0.2, 0.25) is 0 Å². The fourth-order valence-electron chi connectivity index (χ4n) is 3.89. The molecule has 0 aromatic heterocycles. The van der Waals surface area contributed by atoms with E-state index < -0.39 is 0 Å². The second kappa shape index (κ2) is 9.68. The molecule has 3 fully saturated rings. The predicted molar refractivity (Wildman–Crippen MR) is 109 cm³/mol. The van der Waals surface area contributed by atoms with Crippen molar-refractivity contribution in [2.24, 2.45) is 4.99 Å². The zero-order valence-electron chi connectivity index (χ0n) is 14.3. The first kappa shape index (κ1) is 19.6. The molecule has 1 aliphatic carbocycles. The number of nitrogens with zero attached hydrogens (tertiary/aromatic N) is 2. The van der Waals surface area contributed by atoms with Gasteiger partial charge in [-0.25, -0.2) is 0 Å². The van der Waals surface area contributed by atoms with Crippen LogP contribution in [0.15, 0.2) is 4.99 Å². The van der Waals surface area contributed by atoms with E-state index in [-0.39, 0.29) is 30.1 Å². The number of hydrogen-bond acceptors (Lipinski definition) is 4. The summed E-state index contributed by atoms with van der Waals surface area (Å²) in [5.41, 5.74) is 0. The number of morpholine rings is 1. The Morgan fingerprint density at radius 2 is 2.22 bits per heavy atom. The summed E-state index contributed by atoms with van der Waals surface area (Å²) in [4.78, 5) is 6.96. The third kappa shape index (κ3) is 5.37. The summed E-state index contributed by atoms with van der Waals surface area (Å²) in [6.07, 6.45) is 8.95. The van der Waals surface area contributed by atoms with Gasteiger partial charge in [0.25, 0.3) is 0 Å². The third-order valence-corrected chi connectivity index (χ3v) is 6.34. The summed E-state index contributed by atoms with van der Waals surface area (Å²) in [5.74, 6) is 0.930. The quantitative estimate of drug-likeness (QED) is 0.386. The number of ether oxygens (including phenoxy) is 1. The van der Waals surface area contributed by atoms with Crippen LogP contribution in [0.5, 0.6) is 0 Å². The summed E-state index contributed by atoms with van der Waals surface area (Å²) in [5, 5.41) is 7.84. The van der Waals surface area contributed by atoms with E-state index in [9.17, 15) is 0 Å². The minimum absolute atomic E-state index is 0. The third-order valence-electron chi connectivity index (χ3n) is 5.24. The van der Waals surface area contributed by atoms with Gasteiger partial charge in [-0.05, 0) is 44.9 Å². The molecule has 4 unspecified atom stereocenters. The van der Waals surface area contributed by atoms with Crippen LogP contribution in [0.2, 0.25) is 0 Å². The standard InChI is InChI=1S/C16H30N4OS.HI/c1-17-16(19-12-5-6-15(8-12)22-2)18-9-14-10-20-7-3-4-13(20)11-21-14;/h12-15H,3-11H2,1-2H3,(H2,17,18,19);1H. The first-order chi connectivity index (χ1) is 10.8. The van der Waals surface area contributed by atoms with Crippen LogP contribution in [-0.2, 0) is 4.74 Å². The van der Waals surface area contributed by atoms with E-state index in [4.69, 9.17) is 4.74 Å². The molecule has 1 saturated carbocycles. The first-order valence-corrected chi connectivity index (χ1v) is 9.93. The first-order valence-electron chi connectivity index (χ1n) is 8.64. The molecule has 7 heteroatoms. The molecular formula is C16H31IN4OS. The van der Waals surface area contributed by atoms with E-state index in [1.54, 1.807) is 0 Å². The zero-order valence-corrected chi connectivity index (χ0v) is 17.4. The molecule has 2 aliphatic heterocycles. The molecule has 3 rings (SSSR count). The van der Waals surface area contributed by atoms with Crippen LogP contribution in [0.4, 0.5) is 0 Å².